The Bertz CT molecular complexity index is 618. The molecule has 4 heteroatoms. The van der Waals surface area contributed by atoms with Gasteiger partial charge in [-0.05, 0) is 43.9 Å². The van der Waals surface area contributed by atoms with Crippen LogP contribution in [-0.2, 0) is 0 Å². The van der Waals surface area contributed by atoms with Crippen molar-refractivity contribution in [3.8, 4) is 5.69 Å². The SMILES string of the molecule is CC(NC1CCN(C2CC2)C1)c1ccccc1-n1cccn1. The minimum Gasteiger partial charge on any atom is -0.306 e. The van der Waals surface area contributed by atoms with Gasteiger partial charge in [0.2, 0.25) is 0 Å². The van der Waals surface area contributed by atoms with Crippen LogP contribution in [-0.4, -0.2) is 39.9 Å². The highest BCUT2D eigenvalue weighted by molar-refractivity contribution is 5.42. The van der Waals surface area contributed by atoms with Crippen LogP contribution in [0.1, 0.15) is 37.8 Å². The van der Waals surface area contributed by atoms with E-state index in [1.54, 1.807) is 0 Å². The lowest BCUT2D eigenvalue weighted by Gasteiger charge is -2.22. The molecule has 2 unspecified atom stereocenters. The molecule has 2 aromatic rings. The standard InChI is InChI=1S/C18H24N4/c1-14(20-15-9-12-21(13-15)16-7-8-16)17-5-2-3-6-18(17)22-11-4-10-19-22/h2-6,10-11,14-16,20H,7-9,12-13H2,1H3. The first-order chi connectivity index (χ1) is 10.8. The van der Waals surface area contributed by atoms with Crippen molar-refractivity contribution in [1.82, 2.24) is 20.0 Å². The third kappa shape index (κ3) is 2.81. The van der Waals surface area contributed by atoms with E-state index in [0.717, 1.165) is 6.04 Å². The van der Waals surface area contributed by atoms with Gasteiger partial charge in [-0.15, -0.1) is 0 Å². The lowest BCUT2D eigenvalue weighted by Crippen LogP contribution is -2.35. The molecule has 2 atom stereocenters. The molecule has 2 fully saturated rings. The zero-order valence-corrected chi connectivity index (χ0v) is 13.2. The second kappa shape index (κ2) is 5.86. The van der Waals surface area contributed by atoms with Crippen molar-refractivity contribution in [2.45, 2.75) is 44.3 Å². The summed E-state index contributed by atoms with van der Waals surface area (Å²) in [6, 6.07) is 12.4. The van der Waals surface area contributed by atoms with Gasteiger partial charge in [-0.2, -0.15) is 5.10 Å². The number of likely N-dealkylation sites (tertiary alicyclic amines) is 1. The van der Waals surface area contributed by atoms with Crippen molar-refractivity contribution in [2.24, 2.45) is 0 Å². The Morgan fingerprint density at radius 3 is 2.82 bits per heavy atom. The number of nitrogens with one attached hydrogen (secondary N) is 1. The second-order valence-electron chi connectivity index (χ2n) is 6.61. The van der Waals surface area contributed by atoms with E-state index in [-0.39, 0.29) is 0 Å². The van der Waals surface area contributed by atoms with E-state index in [0.29, 0.717) is 12.1 Å². The average molecular weight is 296 g/mol. The summed E-state index contributed by atoms with van der Waals surface area (Å²) >= 11 is 0. The Kier molecular flexibility index (Phi) is 3.72. The molecule has 2 heterocycles. The van der Waals surface area contributed by atoms with Gasteiger partial charge in [-0.25, -0.2) is 4.68 Å². The second-order valence-corrected chi connectivity index (χ2v) is 6.61. The third-order valence-corrected chi connectivity index (χ3v) is 4.92. The number of aromatic nitrogens is 2. The van der Waals surface area contributed by atoms with Crippen LogP contribution in [0.3, 0.4) is 0 Å². The molecular weight excluding hydrogens is 272 g/mol. The maximum Gasteiger partial charge on any atom is 0.0693 e. The fraction of sp³-hybridized carbons (Fsp3) is 0.500. The monoisotopic (exact) mass is 296 g/mol. The van der Waals surface area contributed by atoms with Gasteiger partial charge in [-0.3, -0.25) is 4.90 Å². The molecule has 1 aromatic carbocycles. The Labute approximate surface area is 132 Å². The fourth-order valence-electron chi connectivity index (χ4n) is 3.61. The summed E-state index contributed by atoms with van der Waals surface area (Å²) in [5, 5.41) is 8.21. The van der Waals surface area contributed by atoms with Crippen molar-refractivity contribution in [1.29, 1.82) is 0 Å². The van der Waals surface area contributed by atoms with Crippen molar-refractivity contribution < 1.29 is 0 Å². The van der Waals surface area contributed by atoms with Crippen LogP contribution >= 0.6 is 0 Å². The quantitative estimate of drug-likeness (QED) is 0.921. The van der Waals surface area contributed by atoms with Crippen LogP contribution in [0.4, 0.5) is 0 Å². The minimum absolute atomic E-state index is 0.338. The number of benzene rings is 1. The molecule has 0 radical (unpaired) electrons. The molecule has 0 bridgehead atoms. The Balaban J connectivity index is 1.47. The van der Waals surface area contributed by atoms with E-state index in [4.69, 9.17) is 0 Å². The number of hydrogen-bond acceptors (Lipinski definition) is 3. The van der Waals surface area contributed by atoms with Gasteiger partial charge in [0.1, 0.15) is 0 Å². The molecule has 2 aliphatic rings. The predicted octanol–water partition coefficient (Wildman–Crippen LogP) is 2.76. The molecular formula is C18H24N4. The maximum absolute atomic E-state index is 4.39. The molecule has 1 aromatic heterocycles. The van der Waals surface area contributed by atoms with Crippen LogP contribution in [0.2, 0.25) is 0 Å². The first-order valence-corrected chi connectivity index (χ1v) is 8.40. The van der Waals surface area contributed by atoms with Gasteiger partial charge >= 0.3 is 0 Å². The van der Waals surface area contributed by atoms with E-state index in [2.05, 4.69) is 46.5 Å². The average Bonchev–Trinajstić information content (AvgIpc) is 3.06. The number of hydrogen-bond donors (Lipinski definition) is 1. The summed E-state index contributed by atoms with van der Waals surface area (Å²) in [6.07, 6.45) is 7.93. The van der Waals surface area contributed by atoms with Crippen molar-refractivity contribution in [3.05, 3.63) is 48.3 Å². The van der Waals surface area contributed by atoms with Gasteiger partial charge < -0.3 is 5.32 Å². The topological polar surface area (TPSA) is 33.1 Å². The van der Waals surface area contributed by atoms with E-state index < -0.39 is 0 Å². The van der Waals surface area contributed by atoms with Gasteiger partial charge in [0.15, 0.2) is 0 Å². The molecule has 0 amide bonds. The third-order valence-electron chi connectivity index (χ3n) is 4.92. The lowest BCUT2D eigenvalue weighted by atomic mass is 10.0. The molecule has 1 aliphatic carbocycles. The number of nitrogens with zero attached hydrogens (tertiary/aromatic N) is 3. The molecule has 0 spiro atoms. The van der Waals surface area contributed by atoms with E-state index >= 15 is 0 Å². The normalized spacial score (nSPS) is 23.8. The Morgan fingerprint density at radius 2 is 2.05 bits per heavy atom. The minimum atomic E-state index is 0.338. The molecule has 4 nitrogen and oxygen atoms in total. The van der Waals surface area contributed by atoms with E-state index in [9.17, 15) is 0 Å². The summed E-state index contributed by atoms with van der Waals surface area (Å²) < 4.78 is 1.96. The van der Waals surface area contributed by atoms with E-state index in [1.165, 1.54) is 43.6 Å². The summed E-state index contributed by atoms with van der Waals surface area (Å²) in [4.78, 5) is 2.66. The van der Waals surface area contributed by atoms with Crippen molar-refractivity contribution >= 4 is 0 Å². The molecule has 116 valence electrons. The summed E-state index contributed by atoms with van der Waals surface area (Å²) in [6.45, 7) is 4.73. The van der Waals surface area contributed by atoms with Crippen LogP contribution in [0, 0.1) is 0 Å². The number of rotatable bonds is 5. The van der Waals surface area contributed by atoms with Gasteiger partial charge in [0.05, 0.1) is 5.69 Å². The first kappa shape index (κ1) is 14.0. The van der Waals surface area contributed by atoms with Crippen molar-refractivity contribution in [2.75, 3.05) is 13.1 Å². The Hall–Kier alpha value is -1.65. The Morgan fingerprint density at radius 1 is 1.18 bits per heavy atom. The van der Waals surface area contributed by atoms with Gasteiger partial charge in [0, 0.05) is 43.6 Å². The van der Waals surface area contributed by atoms with Gasteiger partial charge in [-0.1, -0.05) is 18.2 Å². The van der Waals surface area contributed by atoms with Crippen LogP contribution < -0.4 is 5.32 Å². The van der Waals surface area contributed by atoms with Crippen LogP contribution in [0.25, 0.3) is 5.69 Å². The van der Waals surface area contributed by atoms with E-state index in [1.807, 2.05) is 23.1 Å². The predicted molar refractivity (Wildman–Crippen MR) is 88.1 cm³/mol. The summed E-state index contributed by atoms with van der Waals surface area (Å²) in [7, 11) is 0. The van der Waals surface area contributed by atoms with Crippen LogP contribution in [0.5, 0.6) is 0 Å². The zero-order valence-electron chi connectivity index (χ0n) is 13.2. The molecule has 1 saturated carbocycles. The summed E-state index contributed by atoms with van der Waals surface area (Å²) in [5.74, 6) is 0. The fourth-order valence-corrected chi connectivity index (χ4v) is 3.61. The van der Waals surface area contributed by atoms with Gasteiger partial charge in [0.25, 0.3) is 0 Å². The highest BCUT2D eigenvalue weighted by atomic mass is 15.3. The highest BCUT2D eigenvalue weighted by Crippen LogP contribution is 2.30. The number of para-hydroxylation sites is 1. The molecule has 1 aliphatic heterocycles. The molecule has 22 heavy (non-hydrogen) atoms. The molecule has 1 N–H and O–H groups in total. The first-order valence-electron chi connectivity index (χ1n) is 8.40. The highest BCUT2D eigenvalue weighted by Gasteiger charge is 2.34. The van der Waals surface area contributed by atoms with Crippen molar-refractivity contribution in [3.63, 3.8) is 0 Å². The lowest BCUT2D eigenvalue weighted by molar-refractivity contribution is 0.313. The van der Waals surface area contributed by atoms with Crippen LogP contribution in [0.15, 0.2) is 42.7 Å². The largest absolute Gasteiger partial charge is 0.306 e. The molecule has 4 rings (SSSR count). The molecule has 1 saturated heterocycles. The maximum atomic E-state index is 4.39. The smallest absolute Gasteiger partial charge is 0.0693 e. The summed E-state index contributed by atoms with van der Waals surface area (Å²) in [5.41, 5.74) is 2.49. The zero-order chi connectivity index (χ0) is 14.9.